The van der Waals surface area contributed by atoms with E-state index in [1.54, 1.807) is 0 Å². The van der Waals surface area contributed by atoms with Gasteiger partial charge in [-0.2, -0.15) is 0 Å². The summed E-state index contributed by atoms with van der Waals surface area (Å²) in [4.78, 5) is 14.6. The van der Waals surface area contributed by atoms with Gasteiger partial charge in [-0.3, -0.25) is 4.79 Å². The zero-order valence-electron chi connectivity index (χ0n) is 15.0. The van der Waals surface area contributed by atoms with E-state index in [4.69, 9.17) is 0 Å². The Hall–Kier alpha value is -1.85. The van der Waals surface area contributed by atoms with Crippen LogP contribution in [-0.2, 0) is 6.54 Å². The minimum Gasteiger partial charge on any atom is -0.383 e. The Bertz CT molecular complexity index is 729. The summed E-state index contributed by atoms with van der Waals surface area (Å²) < 4.78 is 1.07. The van der Waals surface area contributed by atoms with E-state index in [0.717, 1.165) is 66.9 Å². The van der Waals surface area contributed by atoms with Gasteiger partial charge in [0.1, 0.15) is 0 Å². The predicted octanol–water partition coefficient (Wildman–Crippen LogP) is 4.28. The standard InChI is InChI=1S/C21H26BrN3O/c22-19-9-2-3-10-20(19)24-12-11-23-16-17-7-6-8-18(15-17)21(26)25-13-4-1-5-14-25/h2-3,6-10,15,23-24H,1,4-5,11-14,16H2. The van der Waals surface area contributed by atoms with Crippen LogP contribution < -0.4 is 10.6 Å². The monoisotopic (exact) mass is 415 g/mol. The van der Waals surface area contributed by atoms with E-state index in [1.807, 2.05) is 41.3 Å². The van der Waals surface area contributed by atoms with Gasteiger partial charge in [-0.15, -0.1) is 0 Å². The van der Waals surface area contributed by atoms with Crippen molar-refractivity contribution < 1.29 is 4.79 Å². The lowest BCUT2D eigenvalue weighted by Gasteiger charge is -2.26. The van der Waals surface area contributed by atoms with Crippen LogP contribution in [0.3, 0.4) is 0 Å². The van der Waals surface area contributed by atoms with Gasteiger partial charge in [0, 0.05) is 48.4 Å². The Kier molecular flexibility index (Phi) is 7.09. The summed E-state index contributed by atoms with van der Waals surface area (Å²) in [5.74, 6) is 0.169. The molecule has 2 N–H and O–H groups in total. The Morgan fingerprint density at radius 2 is 1.81 bits per heavy atom. The first-order chi connectivity index (χ1) is 12.7. The van der Waals surface area contributed by atoms with Crippen LogP contribution in [0.25, 0.3) is 0 Å². The molecule has 1 aliphatic heterocycles. The summed E-state index contributed by atoms with van der Waals surface area (Å²) in [6.45, 7) is 4.24. The molecule has 0 aromatic heterocycles. The minimum absolute atomic E-state index is 0.169. The van der Waals surface area contributed by atoms with Gasteiger partial charge in [0.25, 0.3) is 5.91 Å². The number of carbonyl (C=O) groups excluding carboxylic acids is 1. The summed E-state index contributed by atoms with van der Waals surface area (Å²) >= 11 is 3.54. The Morgan fingerprint density at radius 1 is 1.00 bits per heavy atom. The maximum atomic E-state index is 12.6. The van der Waals surface area contributed by atoms with Crippen molar-refractivity contribution in [2.24, 2.45) is 0 Å². The van der Waals surface area contributed by atoms with Crippen LogP contribution in [0, 0.1) is 0 Å². The molecular weight excluding hydrogens is 390 g/mol. The molecule has 0 saturated carbocycles. The highest BCUT2D eigenvalue weighted by molar-refractivity contribution is 9.10. The van der Waals surface area contributed by atoms with E-state index < -0.39 is 0 Å². The zero-order valence-corrected chi connectivity index (χ0v) is 16.6. The molecular formula is C21H26BrN3O. The van der Waals surface area contributed by atoms with Crippen LogP contribution in [0.4, 0.5) is 5.69 Å². The fourth-order valence-electron chi connectivity index (χ4n) is 3.22. The van der Waals surface area contributed by atoms with Crippen LogP contribution in [0.5, 0.6) is 0 Å². The molecule has 0 radical (unpaired) electrons. The fourth-order valence-corrected chi connectivity index (χ4v) is 3.64. The molecule has 138 valence electrons. The first-order valence-corrected chi connectivity index (χ1v) is 10.1. The molecule has 3 rings (SSSR count). The number of halogens is 1. The van der Waals surface area contributed by atoms with Crippen LogP contribution >= 0.6 is 15.9 Å². The molecule has 1 aliphatic rings. The van der Waals surface area contributed by atoms with Crippen LogP contribution in [0.15, 0.2) is 53.0 Å². The number of piperidine rings is 1. The molecule has 1 saturated heterocycles. The van der Waals surface area contributed by atoms with Crippen LogP contribution in [-0.4, -0.2) is 37.0 Å². The summed E-state index contributed by atoms with van der Waals surface area (Å²) in [6, 6.07) is 16.1. The summed E-state index contributed by atoms with van der Waals surface area (Å²) in [6.07, 6.45) is 3.48. The van der Waals surface area contributed by atoms with Gasteiger partial charge in [-0.05, 0) is 65.0 Å². The van der Waals surface area contributed by atoms with E-state index in [1.165, 1.54) is 6.42 Å². The lowest BCUT2D eigenvalue weighted by molar-refractivity contribution is 0.0724. The fraction of sp³-hybridized carbons (Fsp3) is 0.381. The molecule has 5 heteroatoms. The molecule has 2 aromatic carbocycles. The molecule has 0 atom stereocenters. The van der Waals surface area contributed by atoms with Gasteiger partial charge in [-0.25, -0.2) is 0 Å². The minimum atomic E-state index is 0.169. The number of nitrogens with zero attached hydrogens (tertiary/aromatic N) is 1. The van der Waals surface area contributed by atoms with Crippen molar-refractivity contribution in [3.63, 3.8) is 0 Å². The molecule has 1 heterocycles. The van der Waals surface area contributed by atoms with E-state index in [9.17, 15) is 4.79 Å². The zero-order chi connectivity index (χ0) is 18.2. The third-order valence-corrected chi connectivity index (χ3v) is 5.33. The van der Waals surface area contributed by atoms with Crippen molar-refractivity contribution in [2.45, 2.75) is 25.8 Å². The van der Waals surface area contributed by atoms with Crippen molar-refractivity contribution >= 4 is 27.5 Å². The molecule has 1 fully saturated rings. The number of rotatable bonds is 7. The highest BCUT2D eigenvalue weighted by Gasteiger charge is 2.18. The van der Waals surface area contributed by atoms with Crippen LogP contribution in [0.2, 0.25) is 0 Å². The maximum absolute atomic E-state index is 12.6. The predicted molar refractivity (Wildman–Crippen MR) is 111 cm³/mol. The largest absolute Gasteiger partial charge is 0.383 e. The smallest absolute Gasteiger partial charge is 0.253 e. The molecule has 0 aliphatic carbocycles. The average Bonchev–Trinajstić information content (AvgIpc) is 2.69. The van der Waals surface area contributed by atoms with E-state index in [0.29, 0.717) is 0 Å². The van der Waals surface area contributed by atoms with Gasteiger partial charge in [0.15, 0.2) is 0 Å². The summed E-state index contributed by atoms with van der Waals surface area (Å²) in [5, 5.41) is 6.84. The second kappa shape index (κ2) is 9.74. The molecule has 1 amide bonds. The second-order valence-electron chi connectivity index (χ2n) is 6.64. The number of anilines is 1. The lowest BCUT2D eigenvalue weighted by atomic mass is 10.1. The third-order valence-electron chi connectivity index (χ3n) is 4.64. The normalized spacial score (nSPS) is 14.3. The highest BCUT2D eigenvalue weighted by atomic mass is 79.9. The van der Waals surface area contributed by atoms with Gasteiger partial charge in [-0.1, -0.05) is 24.3 Å². The molecule has 0 spiro atoms. The lowest BCUT2D eigenvalue weighted by Crippen LogP contribution is -2.35. The number of likely N-dealkylation sites (tertiary alicyclic amines) is 1. The number of carbonyl (C=O) groups is 1. The summed E-state index contributed by atoms with van der Waals surface area (Å²) in [7, 11) is 0. The first-order valence-electron chi connectivity index (χ1n) is 9.31. The van der Waals surface area contributed by atoms with Crippen molar-refractivity contribution in [2.75, 3.05) is 31.5 Å². The Labute approximate surface area is 164 Å². The number of benzene rings is 2. The van der Waals surface area contributed by atoms with E-state index in [2.05, 4.69) is 38.7 Å². The molecule has 0 bridgehead atoms. The topological polar surface area (TPSA) is 44.4 Å². The number of nitrogens with one attached hydrogen (secondary N) is 2. The van der Waals surface area contributed by atoms with Crippen molar-refractivity contribution in [3.8, 4) is 0 Å². The number of hydrogen-bond donors (Lipinski definition) is 2. The van der Waals surface area contributed by atoms with E-state index >= 15 is 0 Å². The van der Waals surface area contributed by atoms with Gasteiger partial charge in [0.05, 0.1) is 0 Å². The quantitative estimate of drug-likeness (QED) is 0.663. The van der Waals surface area contributed by atoms with Gasteiger partial charge < -0.3 is 15.5 Å². The maximum Gasteiger partial charge on any atom is 0.253 e. The number of hydrogen-bond acceptors (Lipinski definition) is 3. The average molecular weight is 416 g/mol. The first kappa shape index (κ1) is 18.9. The third kappa shape index (κ3) is 5.32. The number of amides is 1. The Balaban J connectivity index is 1.45. The molecule has 26 heavy (non-hydrogen) atoms. The molecule has 4 nitrogen and oxygen atoms in total. The highest BCUT2D eigenvalue weighted by Crippen LogP contribution is 2.20. The van der Waals surface area contributed by atoms with Crippen LogP contribution in [0.1, 0.15) is 35.2 Å². The van der Waals surface area contributed by atoms with Gasteiger partial charge in [0.2, 0.25) is 0 Å². The number of para-hydroxylation sites is 1. The SMILES string of the molecule is O=C(c1cccc(CNCCNc2ccccc2Br)c1)N1CCCCC1. The molecule has 0 unspecified atom stereocenters. The van der Waals surface area contributed by atoms with E-state index in [-0.39, 0.29) is 5.91 Å². The Morgan fingerprint density at radius 3 is 2.62 bits per heavy atom. The van der Waals surface area contributed by atoms with Gasteiger partial charge >= 0.3 is 0 Å². The summed E-state index contributed by atoms with van der Waals surface area (Å²) in [5.41, 5.74) is 3.05. The molecule has 2 aromatic rings. The van der Waals surface area contributed by atoms with Crippen molar-refractivity contribution in [1.29, 1.82) is 0 Å². The second-order valence-corrected chi connectivity index (χ2v) is 7.49. The van der Waals surface area contributed by atoms with Crippen molar-refractivity contribution in [3.05, 3.63) is 64.1 Å². The van der Waals surface area contributed by atoms with Crippen molar-refractivity contribution in [1.82, 2.24) is 10.2 Å².